The first-order chi connectivity index (χ1) is 10.5. The van der Waals surface area contributed by atoms with Crippen LogP contribution in [0.3, 0.4) is 0 Å². The molecule has 1 aromatic rings. The highest BCUT2D eigenvalue weighted by Crippen LogP contribution is 2.35. The molecular formula is C18H27N3O. The van der Waals surface area contributed by atoms with E-state index in [-0.39, 0.29) is 5.91 Å². The second kappa shape index (κ2) is 6.01. The van der Waals surface area contributed by atoms with Gasteiger partial charge in [-0.3, -0.25) is 9.69 Å². The third-order valence-electron chi connectivity index (χ3n) is 5.30. The zero-order chi connectivity index (χ0) is 15.7. The van der Waals surface area contributed by atoms with Crippen LogP contribution in [-0.2, 0) is 11.3 Å². The summed E-state index contributed by atoms with van der Waals surface area (Å²) in [5.41, 5.74) is 6.88. The number of carbonyl (C=O) groups excluding carboxylic acids is 1. The Bertz CT molecular complexity index is 526. The Kier molecular flexibility index (Phi) is 4.24. The van der Waals surface area contributed by atoms with Gasteiger partial charge in [-0.15, -0.1) is 0 Å². The van der Waals surface area contributed by atoms with Crippen molar-refractivity contribution in [1.82, 2.24) is 9.80 Å². The summed E-state index contributed by atoms with van der Waals surface area (Å²) in [6, 6.07) is 11.4. The average molecular weight is 301 g/mol. The van der Waals surface area contributed by atoms with Gasteiger partial charge in [0.1, 0.15) is 0 Å². The van der Waals surface area contributed by atoms with E-state index < -0.39 is 5.54 Å². The summed E-state index contributed by atoms with van der Waals surface area (Å²) in [6.07, 6.45) is 3.76. The van der Waals surface area contributed by atoms with Gasteiger partial charge in [0, 0.05) is 32.2 Å². The summed E-state index contributed by atoms with van der Waals surface area (Å²) in [4.78, 5) is 16.8. The average Bonchev–Trinajstić information content (AvgIpc) is 3.28. The van der Waals surface area contributed by atoms with Gasteiger partial charge in [-0.1, -0.05) is 30.3 Å². The van der Waals surface area contributed by atoms with Crippen molar-refractivity contribution in [3.05, 3.63) is 35.9 Å². The van der Waals surface area contributed by atoms with Crippen LogP contribution in [0.25, 0.3) is 0 Å². The smallest absolute Gasteiger partial charge is 0.242 e. The number of likely N-dealkylation sites (tertiary alicyclic amines) is 1. The van der Waals surface area contributed by atoms with Crippen molar-refractivity contribution in [2.45, 2.75) is 56.8 Å². The summed E-state index contributed by atoms with van der Waals surface area (Å²) < 4.78 is 0. The normalized spacial score (nSPS) is 27.4. The highest BCUT2D eigenvalue weighted by atomic mass is 16.2. The highest BCUT2D eigenvalue weighted by molar-refractivity contribution is 5.89. The van der Waals surface area contributed by atoms with Crippen LogP contribution in [-0.4, -0.2) is 46.9 Å². The molecule has 4 nitrogen and oxygen atoms in total. The Balaban J connectivity index is 1.56. The molecular weight excluding hydrogens is 274 g/mol. The Hall–Kier alpha value is -1.39. The van der Waals surface area contributed by atoms with Crippen molar-refractivity contribution < 1.29 is 4.79 Å². The minimum absolute atomic E-state index is 0.140. The lowest BCUT2D eigenvalue weighted by Gasteiger charge is -2.41. The molecule has 1 amide bonds. The van der Waals surface area contributed by atoms with Crippen LogP contribution >= 0.6 is 0 Å². The quantitative estimate of drug-likeness (QED) is 0.925. The van der Waals surface area contributed by atoms with E-state index in [1.807, 2.05) is 11.9 Å². The van der Waals surface area contributed by atoms with Gasteiger partial charge in [-0.2, -0.15) is 0 Å². The lowest BCUT2D eigenvalue weighted by Crippen LogP contribution is -2.53. The van der Waals surface area contributed by atoms with Crippen LogP contribution in [0.2, 0.25) is 0 Å². The topological polar surface area (TPSA) is 49.6 Å². The zero-order valence-corrected chi connectivity index (χ0v) is 13.7. The third kappa shape index (κ3) is 3.18. The van der Waals surface area contributed by atoms with E-state index in [0.717, 1.165) is 38.8 Å². The second-order valence-electron chi connectivity index (χ2n) is 7.06. The lowest BCUT2D eigenvalue weighted by molar-refractivity contribution is -0.135. The van der Waals surface area contributed by atoms with E-state index in [1.165, 1.54) is 5.56 Å². The molecule has 4 heteroatoms. The fourth-order valence-electron chi connectivity index (χ4n) is 3.47. The molecule has 0 spiro atoms. The molecule has 1 aliphatic carbocycles. The van der Waals surface area contributed by atoms with Crippen LogP contribution in [0, 0.1) is 0 Å². The first-order valence-corrected chi connectivity index (χ1v) is 8.34. The Labute approximate surface area is 133 Å². The number of amides is 1. The molecule has 120 valence electrons. The third-order valence-corrected chi connectivity index (χ3v) is 5.30. The number of nitrogens with zero attached hydrogens (tertiary/aromatic N) is 2. The summed E-state index contributed by atoms with van der Waals surface area (Å²) in [6.45, 7) is 4.30. The summed E-state index contributed by atoms with van der Waals surface area (Å²) in [5.74, 6) is 0.140. The predicted octanol–water partition coefficient (Wildman–Crippen LogP) is 1.99. The minimum atomic E-state index is -0.542. The molecule has 1 saturated carbocycles. The van der Waals surface area contributed by atoms with E-state index in [9.17, 15) is 4.79 Å². The molecule has 0 aromatic heterocycles. The maximum atomic E-state index is 12.4. The molecule has 1 aromatic carbocycles. The molecule has 2 atom stereocenters. The van der Waals surface area contributed by atoms with Gasteiger partial charge in [0.05, 0.1) is 5.54 Å². The molecule has 2 fully saturated rings. The van der Waals surface area contributed by atoms with Gasteiger partial charge >= 0.3 is 0 Å². The molecule has 1 heterocycles. The van der Waals surface area contributed by atoms with Crippen LogP contribution in [0.15, 0.2) is 30.3 Å². The summed E-state index contributed by atoms with van der Waals surface area (Å²) >= 11 is 0. The van der Waals surface area contributed by atoms with E-state index in [0.29, 0.717) is 12.1 Å². The van der Waals surface area contributed by atoms with E-state index in [1.54, 1.807) is 0 Å². The van der Waals surface area contributed by atoms with Crippen molar-refractivity contribution in [3.8, 4) is 0 Å². The van der Waals surface area contributed by atoms with E-state index in [4.69, 9.17) is 5.73 Å². The molecule has 3 rings (SSSR count). The number of hydrogen-bond acceptors (Lipinski definition) is 3. The van der Waals surface area contributed by atoms with Crippen LogP contribution in [0.1, 0.15) is 38.2 Å². The van der Waals surface area contributed by atoms with Gasteiger partial charge in [-0.25, -0.2) is 0 Å². The minimum Gasteiger partial charge on any atom is -0.341 e. The maximum absolute atomic E-state index is 12.4. The first kappa shape index (κ1) is 15.5. The zero-order valence-electron chi connectivity index (χ0n) is 13.7. The number of hydrogen-bond donors (Lipinski definition) is 1. The van der Waals surface area contributed by atoms with Crippen LogP contribution < -0.4 is 5.73 Å². The highest BCUT2D eigenvalue weighted by Gasteiger charge is 2.48. The fourth-order valence-corrected chi connectivity index (χ4v) is 3.47. The van der Waals surface area contributed by atoms with Crippen molar-refractivity contribution in [2.24, 2.45) is 5.73 Å². The molecule has 2 N–H and O–H groups in total. The number of piperidine rings is 1. The molecule has 0 radical (unpaired) electrons. The maximum Gasteiger partial charge on any atom is 0.242 e. The lowest BCUT2D eigenvalue weighted by atomic mass is 9.96. The van der Waals surface area contributed by atoms with E-state index in [2.05, 4.69) is 42.2 Å². The van der Waals surface area contributed by atoms with Gasteiger partial charge in [0.25, 0.3) is 0 Å². The number of likely N-dealkylation sites (N-methyl/N-ethyl adjacent to an activating group) is 1. The van der Waals surface area contributed by atoms with Gasteiger partial charge in [-0.05, 0) is 38.2 Å². The molecule has 22 heavy (non-hydrogen) atoms. The summed E-state index contributed by atoms with van der Waals surface area (Å²) in [5, 5.41) is 0. The van der Waals surface area contributed by atoms with Gasteiger partial charge < -0.3 is 10.6 Å². The molecule has 1 saturated heterocycles. The number of benzene rings is 1. The predicted molar refractivity (Wildman–Crippen MR) is 88.3 cm³/mol. The largest absolute Gasteiger partial charge is 0.341 e. The van der Waals surface area contributed by atoms with Crippen LogP contribution in [0.5, 0.6) is 0 Å². The number of rotatable bonds is 4. The van der Waals surface area contributed by atoms with Gasteiger partial charge in [0.2, 0.25) is 5.91 Å². The second-order valence-corrected chi connectivity index (χ2v) is 7.06. The van der Waals surface area contributed by atoms with Crippen LogP contribution in [0.4, 0.5) is 0 Å². The van der Waals surface area contributed by atoms with Crippen molar-refractivity contribution in [3.63, 3.8) is 0 Å². The molecule has 2 aliphatic rings. The Morgan fingerprint density at radius 2 is 2.05 bits per heavy atom. The molecule has 1 aliphatic heterocycles. The number of carbonyl (C=O) groups is 1. The fraction of sp³-hybridized carbons (Fsp3) is 0.611. The van der Waals surface area contributed by atoms with Crippen molar-refractivity contribution >= 4 is 5.91 Å². The van der Waals surface area contributed by atoms with Gasteiger partial charge in [0.15, 0.2) is 0 Å². The Morgan fingerprint density at radius 1 is 1.36 bits per heavy atom. The van der Waals surface area contributed by atoms with Crippen molar-refractivity contribution in [1.29, 1.82) is 0 Å². The SMILES string of the molecule is C[C@H]1C[C@H](N(C)C(=O)C2(N)CC2)CCN1Cc1ccccc1. The standard InChI is InChI=1S/C18H27N3O/c1-14-12-16(20(2)17(22)18(19)9-10-18)8-11-21(14)13-15-6-4-3-5-7-15/h3-7,14,16H,8-13,19H2,1-2H3/t14-,16+/m0/s1. The number of nitrogens with two attached hydrogens (primary N) is 1. The summed E-state index contributed by atoms with van der Waals surface area (Å²) in [7, 11) is 1.93. The van der Waals surface area contributed by atoms with Crippen molar-refractivity contribution in [2.75, 3.05) is 13.6 Å². The Morgan fingerprint density at radius 3 is 2.64 bits per heavy atom. The first-order valence-electron chi connectivity index (χ1n) is 8.34. The molecule has 0 bridgehead atoms. The van der Waals surface area contributed by atoms with E-state index >= 15 is 0 Å². The monoisotopic (exact) mass is 301 g/mol. The molecule has 0 unspecified atom stereocenters.